The molecule has 14 aromatic carbocycles. The van der Waals surface area contributed by atoms with E-state index in [9.17, 15) is 0 Å². The molecule has 16 aromatic rings. The van der Waals surface area contributed by atoms with Crippen LogP contribution in [0.4, 0.5) is 68.2 Å². The minimum Gasteiger partial charge on any atom is -0.335 e. The van der Waals surface area contributed by atoms with E-state index >= 15 is 0 Å². The SMILES string of the molecule is c1ccc(C2C(c3ccccc3)C(n3c4ccc(N(c5ccccc5)c5ccccc5)cc4c4cc(N(c5ccccc5)c5ccccc5)ccc43)C2n2c3ccc(N(c4ccccc4)c4ccccc4)cc3c3cc(N(c4ccccc4)c4ccccc4)ccc32)cc1. The Bertz CT molecular complexity index is 4490. The number of aromatic nitrogens is 2. The number of benzene rings is 14. The van der Waals surface area contributed by atoms with E-state index < -0.39 is 0 Å². The maximum Gasteiger partial charge on any atom is 0.0631 e. The van der Waals surface area contributed by atoms with Crippen molar-refractivity contribution in [2.75, 3.05) is 19.6 Å². The second kappa shape index (κ2) is 24.3. The standard InChI is InChI=1S/C88H66N6/c1-11-31-63(32-12-1)85-86(64-33-13-2-14-34-64)88(94-83-57-53-75(91(69-43-23-7-24-44-69)70-45-25-8-26-46-70)61-79(83)80-62-76(54-58-84(80)94)92(71-47-27-9-28-48-71)72-49-29-10-30-50-72)87(85)93-81-55-51-73(89(65-35-15-3-16-36-65)66-37-17-4-18-38-66)59-77(81)78-60-74(52-56-82(78)93)90(67-39-19-5-20-40-67)68-41-21-6-22-42-68/h1-62,85-88H. The van der Waals surface area contributed by atoms with Crippen molar-refractivity contribution in [3.63, 3.8) is 0 Å². The summed E-state index contributed by atoms with van der Waals surface area (Å²) in [6, 6.07) is 138. The highest BCUT2D eigenvalue weighted by Gasteiger charge is 2.55. The predicted molar refractivity (Wildman–Crippen MR) is 394 cm³/mol. The van der Waals surface area contributed by atoms with Gasteiger partial charge in [0.2, 0.25) is 0 Å². The molecule has 0 saturated heterocycles. The highest BCUT2D eigenvalue weighted by atomic mass is 15.2. The number of nitrogens with zero attached hydrogens (tertiary/aromatic N) is 6. The molecule has 1 aliphatic rings. The van der Waals surface area contributed by atoms with Crippen molar-refractivity contribution in [2.24, 2.45) is 0 Å². The van der Waals surface area contributed by atoms with E-state index in [-0.39, 0.29) is 23.9 Å². The Morgan fingerprint density at radius 3 is 0.521 bits per heavy atom. The molecule has 0 bridgehead atoms. The first-order chi connectivity index (χ1) is 46.7. The summed E-state index contributed by atoms with van der Waals surface area (Å²) in [5.74, 6) is 0.0951. The summed E-state index contributed by atoms with van der Waals surface area (Å²) >= 11 is 0. The van der Waals surface area contributed by atoms with Crippen molar-refractivity contribution in [3.8, 4) is 0 Å². The summed E-state index contributed by atoms with van der Waals surface area (Å²) in [6.45, 7) is 0. The highest BCUT2D eigenvalue weighted by molar-refractivity contribution is 6.13. The maximum atomic E-state index is 2.75. The van der Waals surface area contributed by atoms with Gasteiger partial charge in [0.05, 0.1) is 12.1 Å². The van der Waals surface area contributed by atoms with Gasteiger partial charge in [-0.3, -0.25) is 0 Å². The summed E-state index contributed by atoms with van der Waals surface area (Å²) in [4.78, 5) is 9.58. The minimum atomic E-state index is -0.101. The van der Waals surface area contributed by atoms with Crippen LogP contribution in [0.1, 0.15) is 35.0 Å². The smallest absolute Gasteiger partial charge is 0.0631 e. The van der Waals surface area contributed by atoms with Crippen LogP contribution >= 0.6 is 0 Å². The lowest BCUT2D eigenvalue weighted by atomic mass is 9.59. The van der Waals surface area contributed by atoms with Gasteiger partial charge in [0, 0.05) is 124 Å². The fraction of sp³-hybridized carbons (Fsp3) is 0.0455. The number of rotatable bonds is 16. The van der Waals surface area contributed by atoms with Gasteiger partial charge >= 0.3 is 0 Å². The third-order valence-corrected chi connectivity index (χ3v) is 19.1. The molecule has 17 rings (SSSR count). The number of hydrogen-bond donors (Lipinski definition) is 0. The molecule has 4 unspecified atom stereocenters. The zero-order valence-electron chi connectivity index (χ0n) is 51.8. The van der Waals surface area contributed by atoms with Crippen molar-refractivity contribution in [2.45, 2.75) is 23.9 Å². The van der Waals surface area contributed by atoms with Gasteiger partial charge in [-0.1, -0.05) is 206 Å². The molecule has 0 spiro atoms. The van der Waals surface area contributed by atoms with E-state index in [2.05, 4.69) is 405 Å². The molecular formula is C88H66N6. The lowest BCUT2D eigenvalue weighted by Crippen LogP contribution is -2.45. The second-order valence-corrected chi connectivity index (χ2v) is 24.4. The van der Waals surface area contributed by atoms with Crippen molar-refractivity contribution in [3.05, 3.63) is 387 Å². The van der Waals surface area contributed by atoms with Crippen LogP contribution in [0.25, 0.3) is 43.6 Å². The van der Waals surface area contributed by atoms with Crippen molar-refractivity contribution in [1.29, 1.82) is 0 Å². The van der Waals surface area contributed by atoms with Crippen LogP contribution in [0.15, 0.2) is 376 Å². The van der Waals surface area contributed by atoms with Crippen molar-refractivity contribution < 1.29 is 0 Å². The van der Waals surface area contributed by atoms with Crippen LogP contribution in [0.2, 0.25) is 0 Å². The van der Waals surface area contributed by atoms with Gasteiger partial charge < -0.3 is 28.7 Å². The van der Waals surface area contributed by atoms with Gasteiger partial charge in [0.15, 0.2) is 0 Å². The lowest BCUT2D eigenvalue weighted by Gasteiger charge is -2.54. The average Bonchev–Trinajstić information content (AvgIpc) is 1.40. The normalized spacial score (nSPS) is 15.2. The Morgan fingerprint density at radius 2 is 0.340 bits per heavy atom. The van der Waals surface area contributed by atoms with E-state index in [4.69, 9.17) is 0 Å². The first-order valence-electron chi connectivity index (χ1n) is 32.6. The molecule has 2 heterocycles. The zero-order chi connectivity index (χ0) is 62.3. The fourth-order valence-corrected chi connectivity index (χ4v) is 15.2. The van der Waals surface area contributed by atoms with Gasteiger partial charge in [-0.25, -0.2) is 0 Å². The van der Waals surface area contributed by atoms with Crippen LogP contribution in [-0.2, 0) is 0 Å². The predicted octanol–water partition coefficient (Wildman–Crippen LogP) is 24.1. The number of anilines is 12. The van der Waals surface area contributed by atoms with Crippen LogP contribution in [0, 0.1) is 0 Å². The Hall–Kier alpha value is -12.1. The van der Waals surface area contributed by atoms with E-state index in [1.165, 1.54) is 54.7 Å². The molecule has 1 aliphatic carbocycles. The minimum absolute atomic E-state index is 0.0476. The highest BCUT2D eigenvalue weighted by Crippen LogP contribution is 2.66. The largest absolute Gasteiger partial charge is 0.335 e. The van der Waals surface area contributed by atoms with Gasteiger partial charge in [-0.15, -0.1) is 0 Å². The van der Waals surface area contributed by atoms with Crippen molar-refractivity contribution in [1.82, 2.24) is 9.13 Å². The molecule has 0 N–H and O–H groups in total. The molecule has 94 heavy (non-hydrogen) atoms. The van der Waals surface area contributed by atoms with Crippen molar-refractivity contribution >= 4 is 112 Å². The molecule has 6 heteroatoms. The molecule has 1 saturated carbocycles. The van der Waals surface area contributed by atoms with E-state index in [0.717, 1.165) is 68.2 Å². The summed E-state index contributed by atoms with van der Waals surface area (Å²) in [7, 11) is 0. The second-order valence-electron chi connectivity index (χ2n) is 24.4. The molecule has 6 nitrogen and oxygen atoms in total. The number of hydrogen-bond acceptors (Lipinski definition) is 4. The van der Waals surface area contributed by atoms with Crippen LogP contribution in [-0.4, -0.2) is 9.13 Å². The maximum absolute atomic E-state index is 2.75. The Kier molecular flexibility index (Phi) is 14.4. The Morgan fingerprint density at radius 1 is 0.170 bits per heavy atom. The lowest BCUT2D eigenvalue weighted by molar-refractivity contribution is 0.119. The number of para-hydroxylation sites is 8. The third-order valence-electron chi connectivity index (χ3n) is 19.1. The topological polar surface area (TPSA) is 22.8 Å². The Balaban J connectivity index is 0.956. The summed E-state index contributed by atoms with van der Waals surface area (Å²) in [5.41, 5.74) is 20.4. The molecular weight excluding hydrogens is 1140 g/mol. The van der Waals surface area contributed by atoms with Crippen LogP contribution in [0.5, 0.6) is 0 Å². The monoisotopic (exact) mass is 1210 g/mol. The quantitative estimate of drug-likeness (QED) is 0.0962. The molecule has 1 fully saturated rings. The van der Waals surface area contributed by atoms with Gasteiger partial charge in [0.1, 0.15) is 0 Å². The third kappa shape index (κ3) is 9.92. The van der Waals surface area contributed by atoms with Crippen LogP contribution in [0.3, 0.4) is 0 Å². The van der Waals surface area contributed by atoms with Gasteiger partial charge in [0.25, 0.3) is 0 Å². The van der Waals surface area contributed by atoms with E-state index in [1.54, 1.807) is 0 Å². The summed E-state index contributed by atoms with van der Waals surface area (Å²) < 4.78 is 5.51. The van der Waals surface area contributed by atoms with E-state index in [0.29, 0.717) is 0 Å². The van der Waals surface area contributed by atoms with E-state index in [1.807, 2.05) is 0 Å². The Labute approximate surface area is 548 Å². The fourth-order valence-electron chi connectivity index (χ4n) is 15.2. The molecule has 448 valence electrons. The molecule has 0 radical (unpaired) electrons. The van der Waals surface area contributed by atoms with Gasteiger partial charge in [-0.2, -0.15) is 0 Å². The van der Waals surface area contributed by atoms with Gasteiger partial charge in [-0.05, 0) is 181 Å². The van der Waals surface area contributed by atoms with Crippen LogP contribution < -0.4 is 19.6 Å². The average molecular weight is 1210 g/mol. The first-order valence-corrected chi connectivity index (χ1v) is 32.6. The summed E-state index contributed by atoms with van der Waals surface area (Å²) in [5, 5.41) is 4.73. The summed E-state index contributed by atoms with van der Waals surface area (Å²) in [6.07, 6.45) is 0. The molecule has 4 atom stereocenters. The first kappa shape index (κ1) is 55.9. The zero-order valence-corrected chi connectivity index (χ0v) is 51.8. The molecule has 0 amide bonds. The molecule has 0 aliphatic heterocycles. The number of fused-ring (bicyclic) bond motifs is 6. The molecule has 2 aromatic heterocycles.